The number of nitrogens with zero attached hydrogens (tertiary/aromatic N) is 2. The van der Waals surface area contributed by atoms with E-state index in [4.69, 9.17) is 0 Å². The molecule has 2 heterocycles. The fraction of sp³-hybridized carbons (Fsp3) is 0.389. The van der Waals surface area contributed by atoms with Crippen LogP contribution in [-0.2, 0) is 6.54 Å². The molecule has 5 nitrogen and oxygen atoms in total. The first-order valence-corrected chi connectivity index (χ1v) is 8.11. The number of amides is 1. The summed E-state index contributed by atoms with van der Waals surface area (Å²) in [4.78, 5) is 18.5. The van der Waals surface area contributed by atoms with E-state index in [1.807, 2.05) is 11.0 Å². The van der Waals surface area contributed by atoms with Gasteiger partial charge in [0.25, 0.3) is 5.91 Å². The number of β-amino-alcohol motifs (C(OH)–C–C–N with tert-alkyl or cyclic N) is 1. The summed E-state index contributed by atoms with van der Waals surface area (Å²) >= 11 is 0. The van der Waals surface area contributed by atoms with Gasteiger partial charge in [-0.1, -0.05) is 6.07 Å². The summed E-state index contributed by atoms with van der Waals surface area (Å²) in [6, 6.07) is 7.17. The van der Waals surface area contributed by atoms with Gasteiger partial charge in [0.05, 0.1) is 6.10 Å². The molecule has 0 radical (unpaired) electrons. The number of rotatable bonds is 4. The summed E-state index contributed by atoms with van der Waals surface area (Å²) < 4.78 is 26.7. The van der Waals surface area contributed by atoms with Crippen LogP contribution >= 0.6 is 0 Å². The van der Waals surface area contributed by atoms with Crippen molar-refractivity contribution in [2.24, 2.45) is 0 Å². The van der Waals surface area contributed by atoms with E-state index >= 15 is 0 Å². The number of carbonyl (C=O) groups excluding carboxylic acids is 1. The molecule has 134 valence electrons. The van der Waals surface area contributed by atoms with Crippen molar-refractivity contribution in [3.63, 3.8) is 0 Å². The normalized spacial score (nSPS) is 20.8. The minimum Gasteiger partial charge on any atom is -0.392 e. The van der Waals surface area contributed by atoms with Gasteiger partial charge >= 0.3 is 0 Å². The summed E-state index contributed by atoms with van der Waals surface area (Å²) in [5.74, 6) is -1.90. The SMILES string of the molecule is CN(C)C(=O)c1ccc(CN2C[C@H](O)C[C@H]2c2ccc(F)c(F)c2)[nH]1. The van der Waals surface area contributed by atoms with E-state index in [-0.39, 0.29) is 11.9 Å². The number of halogens is 2. The average Bonchev–Trinajstić information content (AvgIpc) is 3.16. The van der Waals surface area contributed by atoms with Crippen LogP contribution in [0.5, 0.6) is 0 Å². The number of aromatic nitrogens is 1. The molecule has 1 aromatic heterocycles. The Bertz CT molecular complexity index is 775. The van der Waals surface area contributed by atoms with Crippen LogP contribution in [0.1, 0.15) is 34.2 Å². The Morgan fingerprint density at radius 3 is 2.72 bits per heavy atom. The van der Waals surface area contributed by atoms with Crippen molar-refractivity contribution in [3.05, 3.63) is 58.9 Å². The fourth-order valence-corrected chi connectivity index (χ4v) is 3.24. The number of hydrogen-bond acceptors (Lipinski definition) is 3. The van der Waals surface area contributed by atoms with Crippen LogP contribution in [0.2, 0.25) is 0 Å². The third kappa shape index (κ3) is 3.72. The maximum absolute atomic E-state index is 13.5. The predicted molar refractivity (Wildman–Crippen MR) is 88.9 cm³/mol. The minimum absolute atomic E-state index is 0.120. The fourth-order valence-electron chi connectivity index (χ4n) is 3.24. The van der Waals surface area contributed by atoms with Gasteiger partial charge in [-0.25, -0.2) is 8.78 Å². The zero-order valence-corrected chi connectivity index (χ0v) is 14.2. The van der Waals surface area contributed by atoms with Gasteiger partial charge in [0, 0.05) is 38.9 Å². The van der Waals surface area contributed by atoms with Crippen molar-refractivity contribution >= 4 is 5.91 Å². The number of likely N-dealkylation sites (tertiary alicyclic amines) is 1. The first kappa shape index (κ1) is 17.6. The molecular weight excluding hydrogens is 328 g/mol. The Labute approximate surface area is 144 Å². The first-order valence-electron chi connectivity index (χ1n) is 8.11. The van der Waals surface area contributed by atoms with Crippen molar-refractivity contribution in [2.75, 3.05) is 20.6 Å². The van der Waals surface area contributed by atoms with Crippen molar-refractivity contribution < 1.29 is 18.7 Å². The molecule has 1 fully saturated rings. The second-order valence-corrected chi connectivity index (χ2v) is 6.61. The van der Waals surface area contributed by atoms with E-state index in [2.05, 4.69) is 4.98 Å². The third-order valence-corrected chi connectivity index (χ3v) is 4.47. The van der Waals surface area contributed by atoms with Gasteiger partial charge in [-0.2, -0.15) is 0 Å². The molecule has 1 aliphatic rings. The lowest BCUT2D eigenvalue weighted by molar-refractivity contribution is 0.0822. The van der Waals surface area contributed by atoms with Crippen LogP contribution in [0.15, 0.2) is 30.3 Å². The van der Waals surface area contributed by atoms with Crippen LogP contribution < -0.4 is 0 Å². The highest BCUT2D eigenvalue weighted by molar-refractivity contribution is 5.92. The summed E-state index contributed by atoms with van der Waals surface area (Å²) in [6.45, 7) is 0.904. The van der Waals surface area contributed by atoms with E-state index in [1.165, 1.54) is 11.0 Å². The number of aliphatic hydroxyl groups excluding tert-OH is 1. The molecule has 2 aromatic rings. The smallest absolute Gasteiger partial charge is 0.269 e. The van der Waals surface area contributed by atoms with Gasteiger partial charge in [0.15, 0.2) is 11.6 Å². The molecular formula is C18H21F2N3O2. The second-order valence-electron chi connectivity index (χ2n) is 6.61. The van der Waals surface area contributed by atoms with E-state index in [9.17, 15) is 18.7 Å². The number of hydrogen-bond donors (Lipinski definition) is 2. The summed E-state index contributed by atoms with van der Waals surface area (Å²) in [6.07, 6.45) is -0.0779. The summed E-state index contributed by atoms with van der Waals surface area (Å²) in [5, 5.41) is 10.0. The Kier molecular flexibility index (Phi) is 4.87. The third-order valence-electron chi connectivity index (χ3n) is 4.47. The maximum Gasteiger partial charge on any atom is 0.269 e. The van der Waals surface area contributed by atoms with Gasteiger partial charge in [0.2, 0.25) is 0 Å². The molecule has 3 rings (SSSR count). The first-order chi connectivity index (χ1) is 11.8. The summed E-state index contributed by atoms with van der Waals surface area (Å²) in [7, 11) is 3.36. The van der Waals surface area contributed by atoms with Crippen molar-refractivity contribution in [3.8, 4) is 0 Å². The number of aromatic amines is 1. The molecule has 0 saturated carbocycles. The van der Waals surface area contributed by atoms with Gasteiger partial charge < -0.3 is 15.0 Å². The Morgan fingerprint density at radius 1 is 1.28 bits per heavy atom. The van der Waals surface area contributed by atoms with Crippen LogP contribution in [0.25, 0.3) is 0 Å². The largest absolute Gasteiger partial charge is 0.392 e. The standard InChI is InChI=1S/C18H21F2N3O2/c1-22(2)18(25)16-6-4-12(21-16)9-23-10-13(24)8-17(23)11-3-5-14(19)15(20)7-11/h3-7,13,17,21,24H,8-10H2,1-2H3/t13-,17+/m1/s1. The Morgan fingerprint density at radius 2 is 2.04 bits per heavy atom. The molecule has 1 aliphatic heterocycles. The lowest BCUT2D eigenvalue weighted by Gasteiger charge is -2.24. The number of benzene rings is 1. The Hall–Kier alpha value is -2.25. The molecule has 1 amide bonds. The number of aliphatic hydroxyl groups is 1. The molecule has 0 aliphatic carbocycles. The van der Waals surface area contributed by atoms with Crippen LogP contribution in [-0.4, -0.2) is 52.5 Å². The van der Waals surface area contributed by atoms with E-state index in [0.717, 1.165) is 11.8 Å². The number of carbonyl (C=O) groups is 1. The Balaban J connectivity index is 1.78. The van der Waals surface area contributed by atoms with Crippen LogP contribution in [0.4, 0.5) is 8.78 Å². The maximum atomic E-state index is 13.5. The number of H-pyrrole nitrogens is 1. The highest BCUT2D eigenvalue weighted by Gasteiger charge is 2.32. The van der Waals surface area contributed by atoms with Gasteiger partial charge in [-0.3, -0.25) is 9.69 Å². The zero-order chi connectivity index (χ0) is 18.1. The van der Waals surface area contributed by atoms with Crippen molar-refractivity contribution in [2.45, 2.75) is 25.1 Å². The van der Waals surface area contributed by atoms with E-state index < -0.39 is 17.7 Å². The van der Waals surface area contributed by atoms with Crippen LogP contribution in [0, 0.1) is 11.6 Å². The molecule has 1 saturated heterocycles. The highest BCUT2D eigenvalue weighted by atomic mass is 19.2. The monoisotopic (exact) mass is 349 g/mol. The molecule has 0 bridgehead atoms. The topological polar surface area (TPSA) is 59.6 Å². The van der Waals surface area contributed by atoms with Crippen LogP contribution in [0.3, 0.4) is 0 Å². The van der Waals surface area contributed by atoms with Gasteiger partial charge in [-0.15, -0.1) is 0 Å². The molecule has 2 N–H and O–H groups in total. The van der Waals surface area contributed by atoms with Crippen molar-refractivity contribution in [1.82, 2.24) is 14.8 Å². The van der Waals surface area contributed by atoms with Gasteiger partial charge in [-0.05, 0) is 36.2 Å². The molecule has 2 atom stereocenters. The number of nitrogens with one attached hydrogen (secondary N) is 1. The lowest BCUT2D eigenvalue weighted by Crippen LogP contribution is -2.25. The second kappa shape index (κ2) is 6.93. The van der Waals surface area contributed by atoms with Gasteiger partial charge in [0.1, 0.15) is 5.69 Å². The average molecular weight is 349 g/mol. The molecule has 0 spiro atoms. The van der Waals surface area contributed by atoms with E-state index in [1.54, 1.807) is 26.2 Å². The molecule has 7 heteroatoms. The highest BCUT2D eigenvalue weighted by Crippen LogP contribution is 2.34. The van der Waals surface area contributed by atoms with Crippen molar-refractivity contribution in [1.29, 1.82) is 0 Å². The molecule has 1 aromatic carbocycles. The zero-order valence-electron chi connectivity index (χ0n) is 14.2. The predicted octanol–water partition coefficient (Wildman–Crippen LogP) is 2.30. The summed E-state index contributed by atoms with van der Waals surface area (Å²) in [5.41, 5.74) is 1.95. The molecule has 0 unspecified atom stereocenters. The quantitative estimate of drug-likeness (QED) is 0.891. The van der Waals surface area contributed by atoms with E-state index in [0.29, 0.717) is 30.8 Å². The minimum atomic E-state index is -0.891. The lowest BCUT2D eigenvalue weighted by atomic mass is 10.0. The molecule has 25 heavy (non-hydrogen) atoms.